The van der Waals surface area contributed by atoms with E-state index in [4.69, 9.17) is 9.40 Å². The Labute approximate surface area is 160 Å². The third-order valence-electron chi connectivity index (χ3n) is 5.57. The highest BCUT2D eigenvalue weighted by Gasteiger charge is 2.25. The van der Waals surface area contributed by atoms with Gasteiger partial charge >= 0.3 is 0 Å². The second-order valence-electron chi connectivity index (χ2n) is 7.93. The lowest BCUT2D eigenvalue weighted by atomic mass is 9.90. The van der Waals surface area contributed by atoms with Gasteiger partial charge in [0.15, 0.2) is 17.1 Å². The molecule has 142 valence electrons. The second-order valence-corrected chi connectivity index (χ2v) is 7.93. The molecule has 3 aromatic heterocycles. The molecule has 0 spiro atoms. The predicted octanol–water partition coefficient (Wildman–Crippen LogP) is 4.56. The van der Waals surface area contributed by atoms with Gasteiger partial charge in [-0.05, 0) is 82.3 Å². The highest BCUT2D eigenvalue weighted by atomic mass is 16.3. The number of rotatable bonds is 4. The molecule has 0 N–H and O–H groups in total. The van der Waals surface area contributed by atoms with Gasteiger partial charge < -0.3 is 4.42 Å². The van der Waals surface area contributed by atoms with E-state index in [0.29, 0.717) is 17.5 Å². The van der Waals surface area contributed by atoms with Crippen LogP contribution in [0.4, 0.5) is 0 Å². The van der Waals surface area contributed by atoms with Gasteiger partial charge in [-0.2, -0.15) is 4.98 Å². The Morgan fingerprint density at radius 3 is 2.67 bits per heavy atom. The summed E-state index contributed by atoms with van der Waals surface area (Å²) < 4.78 is 5.56. The van der Waals surface area contributed by atoms with Crippen LogP contribution in [0.1, 0.15) is 54.3 Å². The summed E-state index contributed by atoms with van der Waals surface area (Å²) in [6.45, 7) is 10.5. The molecular formula is C22H28N4O. The molecule has 5 nitrogen and oxygen atoms in total. The number of aromatic nitrogens is 3. The Hall–Kier alpha value is -2.27. The molecule has 0 bridgehead atoms. The number of hydrogen-bond acceptors (Lipinski definition) is 5. The number of oxazole rings is 1. The van der Waals surface area contributed by atoms with E-state index < -0.39 is 0 Å². The Morgan fingerprint density at radius 2 is 1.89 bits per heavy atom. The van der Waals surface area contributed by atoms with E-state index in [1.54, 1.807) is 0 Å². The highest BCUT2D eigenvalue weighted by Crippen LogP contribution is 2.28. The van der Waals surface area contributed by atoms with E-state index in [2.05, 4.69) is 53.8 Å². The highest BCUT2D eigenvalue weighted by molar-refractivity contribution is 5.67. The molecule has 3 aromatic rings. The molecule has 2 atom stereocenters. The van der Waals surface area contributed by atoms with Gasteiger partial charge in [-0.1, -0.05) is 0 Å². The first-order valence-electron chi connectivity index (χ1n) is 9.90. The summed E-state index contributed by atoms with van der Waals surface area (Å²) in [5.74, 6) is 1.35. The Kier molecular flexibility index (Phi) is 4.96. The number of likely N-dealkylation sites (tertiary alicyclic amines) is 1. The monoisotopic (exact) mass is 364 g/mol. The standard InChI is InChI=1S/C22H28N4O/c1-14-10-19(11-15(2)23-14)12-18-6-5-9-26(13-18)16(3)20-7-8-21-22(25-20)24-17(4)27-21/h7-8,10-11,16,18H,5-6,9,12-13H2,1-4H3. The molecule has 4 rings (SSSR count). The van der Waals surface area contributed by atoms with Gasteiger partial charge in [-0.3, -0.25) is 9.88 Å². The van der Waals surface area contributed by atoms with E-state index in [1.807, 2.05) is 13.0 Å². The van der Waals surface area contributed by atoms with E-state index in [0.717, 1.165) is 42.2 Å². The molecule has 0 aliphatic carbocycles. The van der Waals surface area contributed by atoms with Crippen molar-refractivity contribution in [2.75, 3.05) is 13.1 Å². The maximum atomic E-state index is 5.56. The van der Waals surface area contributed by atoms with Crippen molar-refractivity contribution in [2.45, 2.75) is 53.0 Å². The lowest BCUT2D eigenvalue weighted by molar-refractivity contribution is 0.129. The van der Waals surface area contributed by atoms with Crippen LogP contribution in [0.25, 0.3) is 11.2 Å². The molecule has 0 radical (unpaired) electrons. The second kappa shape index (κ2) is 7.39. The van der Waals surface area contributed by atoms with Gasteiger partial charge in [-0.15, -0.1) is 0 Å². The van der Waals surface area contributed by atoms with E-state index >= 15 is 0 Å². The fourth-order valence-electron chi connectivity index (χ4n) is 4.35. The summed E-state index contributed by atoms with van der Waals surface area (Å²) in [4.78, 5) is 16.2. The zero-order valence-corrected chi connectivity index (χ0v) is 16.7. The SMILES string of the molecule is Cc1cc(CC2CCCN(C(C)c3ccc4oc(C)nc4n3)C2)cc(C)n1. The maximum absolute atomic E-state index is 5.56. The molecule has 0 saturated carbocycles. The van der Waals surface area contributed by atoms with E-state index in [1.165, 1.54) is 18.4 Å². The minimum atomic E-state index is 0.287. The molecule has 1 aliphatic rings. The minimum absolute atomic E-state index is 0.287. The van der Waals surface area contributed by atoms with Gasteiger partial charge in [0.2, 0.25) is 0 Å². The molecule has 1 fully saturated rings. The number of piperidine rings is 1. The van der Waals surface area contributed by atoms with Crippen LogP contribution < -0.4 is 0 Å². The third-order valence-corrected chi connectivity index (χ3v) is 5.57. The van der Waals surface area contributed by atoms with Crippen molar-refractivity contribution >= 4 is 11.2 Å². The summed E-state index contributed by atoms with van der Waals surface area (Å²) in [6.07, 6.45) is 3.66. The Balaban J connectivity index is 1.47. The topological polar surface area (TPSA) is 55.1 Å². The first-order valence-corrected chi connectivity index (χ1v) is 9.90. The molecule has 5 heteroatoms. The Bertz CT molecular complexity index is 928. The molecule has 2 unspecified atom stereocenters. The van der Waals surface area contributed by atoms with Gasteiger partial charge in [-0.25, -0.2) is 4.98 Å². The van der Waals surface area contributed by atoms with Crippen molar-refractivity contribution in [3.63, 3.8) is 0 Å². The summed E-state index contributed by atoms with van der Waals surface area (Å²) in [6, 6.07) is 8.83. The summed E-state index contributed by atoms with van der Waals surface area (Å²) in [5, 5.41) is 0. The minimum Gasteiger partial charge on any atom is -0.439 e. The van der Waals surface area contributed by atoms with Crippen molar-refractivity contribution in [2.24, 2.45) is 5.92 Å². The van der Waals surface area contributed by atoms with Crippen LogP contribution in [-0.4, -0.2) is 32.9 Å². The summed E-state index contributed by atoms with van der Waals surface area (Å²) in [7, 11) is 0. The number of hydrogen-bond donors (Lipinski definition) is 0. The quantitative estimate of drug-likeness (QED) is 0.679. The van der Waals surface area contributed by atoms with Crippen molar-refractivity contribution < 1.29 is 4.42 Å². The van der Waals surface area contributed by atoms with Gasteiger partial charge in [0.05, 0.1) is 5.69 Å². The maximum Gasteiger partial charge on any atom is 0.199 e. The van der Waals surface area contributed by atoms with Crippen molar-refractivity contribution in [1.29, 1.82) is 0 Å². The predicted molar refractivity (Wildman–Crippen MR) is 107 cm³/mol. The van der Waals surface area contributed by atoms with Crippen LogP contribution in [0.3, 0.4) is 0 Å². The van der Waals surface area contributed by atoms with Gasteiger partial charge in [0.1, 0.15) is 0 Å². The van der Waals surface area contributed by atoms with Crippen LogP contribution in [-0.2, 0) is 6.42 Å². The van der Waals surface area contributed by atoms with Gasteiger partial charge in [0, 0.05) is 30.9 Å². The van der Waals surface area contributed by atoms with Crippen molar-refractivity contribution in [1.82, 2.24) is 19.9 Å². The third kappa shape index (κ3) is 4.03. The fraction of sp³-hybridized carbons (Fsp3) is 0.500. The zero-order chi connectivity index (χ0) is 19.0. The number of aryl methyl sites for hydroxylation is 3. The fourth-order valence-corrected chi connectivity index (χ4v) is 4.35. The smallest absolute Gasteiger partial charge is 0.199 e. The van der Waals surface area contributed by atoms with E-state index in [-0.39, 0.29) is 6.04 Å². The molecule has 1 saturated heterocycles. The van der Waals surface area contributed by atoms with Crippen LogP contribution in [0.5, 0.6) is 0 Å². The van der Waals surface area contributed by atoms with Crippen molar-refractivity contribution in [3.05, 3.63) is 52.8 Å². The van der Waals surface area contributed by atoms with Crippen LogP contribution in [0.2, 0.25) is 0 Å². The van der Waals surface area contributed by atoms with Crippen molar-refractivity contribution in [3.8, 4) is 0 Å². The molecule has 27 heavy (non-hydrogen) atoms. The molecular weight excluding hydrogens is 336 g/mol. The summed E-state index contributed by atoms with van der Waals surface area (Å²) in [5.41, 5.74) is 6.21. The summed E-state index contributed by atoms with van der Waals surface area (Å²) >= 11 is 0. The van der Waals surface area contributed by atoms with Crippen LogP contribution in [0.15, 0.2) is 28.7 Å². The lowest BCUT2D eigenvalue weighted by Crippen LogP contribution is -2.38. The largest absolute Gasteiger partial charge is 0.439 e. The first kappa shape index (κ1) is 18.1. The van der Waals surface area contributed by atoms with Gasteiger partial charge in [0.25, 0.3) is 0 Å². The number of fused-ring (bicyclic) bond motifs is 1. The molecule has 4 heterocycles. The Morgan fingerprint density at radius 1 is 1.11 bits per heavy atom. The average molecular weight is 364 g/mol. The van der Waals surface area contributed by atoms with Crippen LogP contribution >= 0.6 is 0 Å². The molecule has 0 amide bonds. The van der Waals surface area contributed by atoms with E-state index in [9.17, 15) is 0 Å². The normalized spacial score (nSPS) is 19.5. The number of pyridine rings is 2. The first-order chi connectivity index (χ1) is 13.0. The van der Waals surface area contributed by atoms with Crippen LogP contribution in [0, 0.1) is 26.7 Å². The number of nitrogens with zero attached hydrogens (tertiary/aromatic N) is 4. The zero-order valence-electron chi connectivity index (χ0n) is 16.7. The molecule has 0 aromatic carbocycles. The lowest BCUT2D eigenvalue weighted by Gasteiger charge is -2.36. The average Bonchev–Trinajstić information content (AvgIpc) is 2.99. The molecule has 1 aliphatic heterocycles.